The zero-order valence-corrected chi connectivity index (χ0v) is 12.5. The zero-order valence-electron chi connectivity index (χ0n) is 11.7. The normalized spacial score (nSPS) is 11.8. The minimum Gasteiger partial charge on any atom is -0.383 e. The van der Waals surface area contributed by atoms with Gasteiger partial charge in [0.15, 0.2) is 0 Å². The number of nitrogens with zero attached hydrogens (tertiary/aromatic N) is 2. The molecule has 0 unspecified atom stereocenters. The molecule has 0 bridgehead atoms. The maximum atomic E-state index is 11.3. The molecule has 19 heavy (non-hydrogen) atoms. The molecule has 0 aromatic carbocycles. The van der Waals surface area contributed by atoms with Gasteiger partial charge in [-0.25, -0.2) is 23.1 Å². The van der Waals surface area contributed by atoms with Gasteiger partial charge >= 0.3 is 0 Å². The first-order valence-corrected chi connectivity index (χ1v) is 7.71. The van der Waals surface area contributed by atoms with Crippen LogP contribution in [0.3, 0.4) is 0 Å². The summed E-state index contributed by atoms with van der Waals surface area (Å²) in [5, 5.41) is 2.99. The molecule has 0 spiro atoms. The number of hydrogen-bond acceptors (Lipinski definition) is 6. The fraction of sp³-hybridized carbons (Fsp3) is 0.636. The maximum absolute atomic E-state index is 11.3. The third-order valence-electron chi connectivity index (χ3n) is 2.69. The van der Waals surface area contributed by atoms with E-state index in [-0.39, 0.29) is 18.2 Å². The van der Waals surface area contributed by atoms with Crippen LogP contribution in [0.2, 0.25) is 0 Å². The topological polar surface area (TPSA) is 110 Å². The highest BCUT2D eigenvalue weighted by Gasteiger charge is 2.12. The number of nitrogen functional groups attached to an aromatic ring is 1. The van der Waals surface area contributed by atoms with Gasteiger partial charge in [0.2, 0.25) is 10.0 Å². The van der Waals surface area contributed by atoms with Crippen molar-refractivity contribution in [3.63, 3.8) is 0 Å². The summed E-state index contributed by atoms with van der Waals surface area (Å²) in [6.07, 6.45) is 0. The van der Waals surface area contributed by atoms with Crippen molar-refractivity contribution in [3.05, 3.63) is 11.4 Å². The molecule has 108 valence electrons. The summed E-state index contributed by atoms with van der Waals surface area (Å²) in [5.41, 5.74) is 6.55. The van der Waals surface area contributed by atoms with Gasteiger partial charge < -0.3 is 11.1 Å². The summed E-state index contributed by atoms with van der Waals surface area (Å²) in [6.45, 7) is 6.01. The molecule has 0 saturated heterocycles. The van der Waals surface area contributed by atoms with Crippen LogP contribution in [0.1, 0.15) is 31.2 Å². The Morgan fingerprint density at radius 1 is 1.32 bits per heavy atom. The van der Waals surface area contributed by atoms with Crippen LogP contribution < -0.4 is 15.8 Å². The molecule has 0 saturated carbocycles. The summed E-state index contributed by atoms with van der Waals surface area (Å²) < 4.78 is 24.9. The third kappa shape index (κ3) is 4.32. The van der Waals surface area contributed by atoms with Crippen LogP contribution in [0.25, 0.3) is 0 Å². The Kier molecular flexibility index (Phi) is 5.07. The number of nitrogens with two attached hydrogens (primary N) is 1. The highest BCUT2D eigenvalue weighted by Crippen LogP contribution is 2.20. The lowest BCUT2D eigenvalue weighted by Gasteiger charge is -2.13. The third-order valence-corrected chi connectivity index (χ3v) is 4.05. The average molecular weight is 287 g/mol. The average Bonchev–Trinajstić information content (AvgIpc) is 2.33. The predicted molar refractivity (Wildman–Crippen MR) is 76.6 cm³/mol. The molecule has 1 aromatic rings. The standard InChI is InChI=1S/C11H21N5O2S/c1-7(2)10-15-9(12)8(3)11(16-10)14-5-6-19(17,18)13-4/h7,13H,5-6H2,1-4H3,(H3,12,14,15,16). The van der Waals surface area contributed by atoms with Gasteiger partial charge in [-0.1, -0.05) is 13.8 Å². The minimum absolute atomic E-state index is 0.0239. The number of aromatic nitrogens is 2. The highest BCUT2D eigenvalue weighted by atomic mass is 32.2. The molecule has 0 radical (unpaired) electrons. The van der Waals surface area contributed by atoms with Crippen molar-refractivity contribution in [1.82, 2.24) is 14.7 Å². The van der Waals surface area contributed by atoms with Crippen LogP contribution in [0.15, 0.2) is 0 Å². The van der Waals surface area contributed by atoms with Gasteiger partial charge in [-0.15, -0.1) is 0 Å². The summed E-state index contributed by atoms with van der Waals surface area (Å²) in [6, 6.07) is 0. The van der Waals surface area contributed by atoms with Crippen LogP contribution in [0.5, 0.6) is 0 Å². The SMILES string of the molecule is CNS(=O)(=O)CCNc1nc(C(C)C)nc(N)c1C. The minimum atomic E-state index is -3.23. The second kappa shape index (κ2) is 6.16. The molecular formula is C11H21N5O2S. The van der Waals surface area contributed by atoms with Gasteiger partial charge in [0.25, 0.3) is 0 Å². The van der Waals surface area contributed by atoms with Crippen LogP contribution in [0, 0.1) is 6.92 Å². The Balaban J connectivity index is 2.83. The largest absolute Gasteiger partial charge is 0.383 e. The number of hydrogen-bond donors (Lipinski definition) is 3. The summed E-state index contributed by atoms with van der Waals surface area (Å²) >= 11 is 0. The lowest BCUT2D eigenvalue weighted by atomic mass is 10.2. The van der Waals surface area contributed by atoms with E-state index in [1.54, 1.807) is 6.92 Å². The molecule has 0 aliphatic carbocycles. The van der Waals surface area contributed by atoms with E-state index < -0.39 is 10.0 Å². The van der Waals surface area contributed by atoms with E-state index in [9.17, 15) is 8.42 Å². The molecular weight excluding hydrogens is 266 g/mol. The fourth-order valence-corrected chi connectivity index (χ4v) is 1.96. The molecule has 0 amide bonds. The maximum Gasteiger partial charge on any atom is 0.213 e. The molecule has 7 nitrogen and oxygen atoms in total. The van der Waals surface area contributed by atoms with Gasteiger partial charge in [0, 0.05) is 18.0 Å². The number of anilines is 2. The van der Waals surface area contributed by atoms with Crippen molar-refractivity contribution < 1.29 is 8.42 Å². The van der Waals surface area contributed by atoms with E-state index >= 15 is 0 Å². The monoisotopic (exact) mass is 287 g/mol. The van der Waals surface area contributed by atoms with Crippen LogP contribution in [-0.4, -0.2) is 37.7 Å². The summed E-state index contributed by atoms with van der Waals surface area (Å²) in [4.78, 5) is 8.56. The fourth-order valence-electron chi connectivity index (χ4n) is 1.39. The first-order chi connectivity index (χ1) is 8.76. The van der Waals surface area contributed by atoms with Crippen molar-refractivity contribution >= 4 is 21.7 Å². The summed E-state index contributed by atoms with van der Waals surface area (Å²) in [5.74, 6) is 1.77. The highest BCUT2D eigenvalue weighted by molar-refractivity contribution is 7.89. The Bertz CT molecular complexity index is 542. The zero-order chi connectivity index (χ0) is 14.6. The van der Waals surface area contributed by atoms with E-state index in [2.05, 4.69) is 20.0 Å². The predicted octanol–water partition coefficient (Wildman–Crippen LogP) is 0.452. The van der Waals surface area contributed by atoms with Crippen LogP contribution >= 0.6 is 0 Å². The smallest absolute Gasteiger partial charge is 0.213 e. The molecule has 1 aromatic heterocycles. The molecule has 0 aliphatic heterocycles. The van der Waals surface area contributed by atoms with Gasteiger partial charge in [0.05, 0.1) is 5.75 Å². The molecule has 1 heterocycles. The van der Waals surface area contributed by atoms with E-state index in [0.29, 0.717) is 17.5 Å². The Hall–Kier alpha value is -1.41. The second-order valence-corrected chi connectivity index (χ2v) is 6.59. The number of sulfonamides is 1. The molecule has 8 heteroatoms. The number of rotatable bonds is 6. The quantitative estimate of drug-likeness (QED) is 0.701. The van der Waals surface area contributed by atoms with Crippen molar-refractivity contribution in [1.29, 1.82) is 0 Å². The van der Waals surface area contributed by atoms with Crippen LogP contribution in [0.4, 0.5) is 11.6 Å². The Morgan fingerprint density at radius 3 is 2.47 bits per heavy atom. The van der Waals surface area contributed by atoms with Crippen molar-refractivity contribution in [2.45, 2.75) is 26.7 Å². The summed E-state index contributed by atoms with van der Waals surface area (Å²) in [7, 11) is -1.84. The van der Waals surface area contributed by atoms with Gasteiger partial charge in [-0.05, 0) is 14.0 Å². The van der Waals surface area contributed by atoms with E-state index in [4.69, 9.17) is 5.73 Å². The molecule has 0 aliphatic rings. The van der Waals surface area contributed by atoms with Crippen molar-refractivity contribution in [3.8, 4) is 0 Å². The van der Waals surface area contributed by atoms with Crippen molar-refractivity contribution in [2.75, 3.05) is 30.4 Å². The van der Waals surface area contributed by atoms with Crippen LogP contribution in [-0.2, 0) is 10.0 Å². The van der Waals surface area contributed by atoms with E-state index in [1.165, 1.54) is 7.05 Å². The second-order valence-electron chi connectivity index (χ2n) is 4.55. The van der Waals surface area contributed by atoms with Gasteiger partial charge in [-0.3, -0.25) is 0 Å². The first kappa shape index (κ1) is 15.6. The van der Waals surface area contributed by atoms with Crippen molar-refractivity contribution in [2.24, 2.45) is 0 Å². The first-order valence-electron chi connectivity index (χ1n) is 6.06. The van der Waals surface area contributed by atoms with E-state index in [1.807, 2.05) is 13.8 Å². The van der Waals surface area contributed by atoms with Gasteiger partial charge in [0.1, 0.15) is 17.5 Å². The van der Waals surface area contributed by atoms with E-state index in [0.717, 1.165) is 5.56 Å². The van der Waals surface area contributed by atoms with Gasteiger partial charge in [-0.2, -0.15) is 0 Å². The molecule has 4 N–H and O–H groups in total. The lowest BCUT2D eigenvalue weighted by molar-refractivity contribution is 0.588. The Morgan fingerprint density at radius 2 is 1.95 bits per heavy atom. The number of nitrogens with one attached hydrogen (secondary N) is 2. The lowest BCUT2D eigenvalue weighted by Crippen LogP contribution is -2.26. The molecule has 0 fully saturated rings. The molecule has 0 atom stereocenters. The molecule has 1 rings (SSSR count). The Labute approximate surface area is 114 Å².